The summed E-state index contributed by atoms with van der Waals surface area (Å²) in [6.45, 7) is 15.2. The summed E-state index contributed by atoms with van der Waals surface area (Å²) >= 11 is 1.57. The summed E-state index contributed by atoms with van der Waals surface area (Å²) in [6.07, 6.45) is 3.36. The zero-order valence-electron chi connectivity index (χ0n) is 23.4. The zero-order chi connectivity index (χ0) is 27.7. The molecule has 204 valence electrons. The molecule has 0 aliphatic heterocycles. The number of benzene rings is 1. The highest BCUT2D eigenvalue weighted by Crippen LogP contribution is 2.32. The number of aryl methyl sites for hydroxylation is 1. The van der Waals surface area contributed by atoms with E-state index in [2.05, 4.69) is 10.6 Å². The van der Waals surface area contributed by atoms with E-state index in [0.29, 0.717) is 29.8 Å². The Labute approximate surface area is 220 Å². The third-order valence-electron chi connectivity index (χ3n) is 5.43. The summed E-state index contributed by atoms with van der Waals surface area (Å²) in [6, 6.07) is 3.09. The van der Waals surface area contributed by atoms with Gasteiger partial charge in [-0.3, -0.25) is 9.59 Å². The molecule has 0 saturated heterocycles. The van der Waals surface area contributed by atoms with Crippen molar-refractivity contribution in [2.45, 2.75) is 97.9 Å². The van der Waals surface area contributed by atoms with Gasteiger partial charge in [-0.1, -0.05) is 19.4 Å². The molecule has 0 fully saturated rings. The SMILES string of the molecule is CCCCNC(=O)C(c1ccc(O)c(C)c1)N(C(=O)C(CCSC)NC(=O)OC(C)(C)C)C(C)(C)C. The van der Waals surface area contributed by atoms with Gasteiger partial charge in [0.05, 0.1) is 0 Å². The predicted molar refractivity (Wildman–Crippen MR) is 146 cm³/mol. The molecule has 1 aromatic carbocycles. The van der Waals surface area contributed by atoms with Crippen molar-refractivity contribution < 1.29 is 24.2 Å². The number of unbranched alkanes of at least 4 members (excludes halogenated alkanes) is 1. The third-order valence-corrected chi connectivity index (χ3v) is 6.08. The lowest BCUT2D eigenvalue weighted by Crippen LogP contribution is -2.58. The van der Waals surface area contributed by atoms with Crippen LogP contribution in [0.1, 0.15) is 84.9 Å². The Hall–Kier alpha value is -2.42. The van der Waals surface area contributed by atoms with Gasteiger partial charge in [0.25, 0.3) is 0 Å². The smallest absolute Gasteiger partial charge is 0.408 e. The minimum atomic E-state index is -0.953. The lowest BCUT2D eigenvalue weighted by molar-refractivity contribution is -0.148. The predicted octanol–water partition coefficient (Wildman–Crippen LogP) is 4.93. The van der Waals surface area contributed by atoms with Crippen LogP contribution in [0.3, 0.4) is 0 Å². The van der Waals surface area contributed by atoms with Crippen LogP contribution >= 0.6 is 11.8 Å². The number of ether oxygens (including phenoxy) is 1. The molecule has 0 aliphatic rings. The number of rotatable bonds is 11. The molecule has 36 heavy (non-hydrogen) atoms. The monoisotopic (exact) mass is 523 g/mol. The number of nitrogens with zero attached hydrogens (tertiary/aromatic N) is 1. The van der Waals surface area contributed by atoms with Crippen LogP contribution in [0.5, 0.6) is 5.75 Å². The van der Waals surface area contributed by atoms with Crippen molar-refractivity contribution in [2.75, 3.05) is 18.6 Å². The molecule has 8 nitrogen and oxygen atoms in total. The Kier molecular flexibility index (Phi) is 12.1. The molecule has 1 rings (SSSR count). The van der Waals surface area contributed by atoms with Crippen molar-refractivity contribution in [1.29, 1.82) is 0 Å². The summed E-state index contributed by atoms with van der Waals surface area (Å²) in [5.74, 6) is 0.0685. The first-order chi connectivity index (χ1) is 16.6. The van der Waals surface area contributed by atoms with Crippen LogP contribution in [0.15, 0.2) is 18.2 Å². The van der Waals surface area contributed by atoms with Crippen molar-refractivity contribution >= 4 is 29.7 Å². The molecule has 0 aliphatic carbocycles. The van der Waals surface area contributed by atoms with Gasteiger partial charge in [-0.05, 0) is 96.6 Å². The van der Waals surface area contributed by atoms with Gasteiger partial charge in [0.2, 0.25) is 11.8 Å². The van der Waals surface area contributed by atoms with E-state index in [0.717, 1.165) is 12.8 Å². The topological polar surface area (TPSA) is 108 Å². The van der Waals surface area contributed by atoms with Crippen LogP contribution in [0.4, 0.5) is 4.79 Å². The second kappa shape index (κ2) is 13.8. The molecule has 0 aromatic heterocycles. The minimum absolute atomic E-state index is 0.113. The average molecular weight is 524 g/mol. The second-order valence-electron chi connectivity index (χ2n) is 11.0. The summed E-state index contributed by atoms with van der Waals surface area (Å²) in [5.41, 5.74) is -0.288. The molecule has 0 heterocycles. The second-order valence-corrected chi connectivity index (χ2v) is 11.9. The van der Waals surface area contributed by atoms with Crippen LogP contribution < -0.4 is 10.6 Å². The van der Waals surface area contributed by atoms with E-state index < -0.39 is 29.3 Å². The van der Waals surface area contributed by atoms with Gasteiger partial charge in [0.15, 0.2) is 0 Å². The lowest BCUT2D eigenvalue weighted by Gasteiger charge is -2.43. The first-order valence-corrected chi connectivity index (χ1v) is 13.9. The molecule has 1 aromatic rings. The molecular weight excluding hydrogens is 478 g/mol. The number of phenolic OH excluding ortho intramolecular Hbond substituents is 1. The number of phenols is 1. The molecule has 2 atom stereocenters. The molecule has 2 unspecified atom stereocenters. The Morgan fingerprint density at radius 3 is 2.28 bits per heavy atom. The third kappa shape index (κ3) is 9.91. The highest BCUT2D eigenvalue weighted by molar-refractivity contribution is 7.98. The number of hydrogen-bond donors (Lipinski definition) is 3. The van der Waals surface area contributed by atoms with Crippen molar-refractivity contribution in [3.63, 3.8) is 0 Å². The number of carbonyl (C=O) groups excluding carboxylic acids is 3. The summed E-state index contributed by atoms with van der Waals surface area (Å²) in [5, 5.41) is 15.8. The number of hydrogen-bond acceptors (Lipinski definition) is 6. The van der Waals surface area contributed by atoms with E-state index in [-0.39, 0.29) is 17.6 Å². The number of nitrogens with one attached hydrogen (secondary N) is 2. The molecule has 3 N–H and O–H groups in total. The van der Waals surface area contributed by atoms with Gasteiger partial charge in [0.1, 0.15) is 23.4 Å². The van der Waals surface area contributed by atoms with E-state index in [4.69, 9.17) is 4.74 Å². The summed E-state index contributed by atoms with van der Waals surface area (Å²) < 4.78 is 5.42. The standard InChI is InChI=1S/C27H45N3O5S/c1-10-11-15-28-23(32)22(19-12-13-21(31)18(2)17-19)30(26(3,4)5)24(33)20(14-16-36-9)29-25(34)35-27(6,7)8/h12-13,17,20,22,31H,10-11,14-16H2,1-9H3,(H,28,32)(H,29,34). The van der Waals surface area contributed by atoms with Crippen LogP contribution in [-0.4, -0.2) is 63.6 Å². The summed E-state index contributed by atoms with van der Waals surface area (Å²) in [7, 11) is 0. The van der Waals surface area contributed by atoms with Crippen molar-refractivity contribution in [1.82, 2.24) is 15.5 Å². The number of alkyl carbamates (subject to hydrolysis) is 1. The van der Waals surface area contributed by atoms with Gasteiger partial charge in [-0.15, -0.1) is 0 Å². The Bertz CT molecular complexity index is 892. The number of aromatic hydroxyl groups is 1. The minimum Gasteiger partial charge on any atom is -0.508 e. The number of carbonyl (C=O) groups is 3. The maximum Gasteiger partial charge on any atom is 0.408 e. The van der Waals surface area contributed by atoms with Crippen molar-refractivity contribution in [3.05, 3.63) is 29.3 Å². The highest BCUT2D eigenvalue weighted by atomic mass is 32.2. The largest absolute Gasteiger partial charge is 0.508 e. The van der Waals surface area contributed by atoms with Crippen molar-refractivity contribution in [2.24, 2.45) is 0 Å². The van der Waals surface area contributed by atoms with Crippen LogP contribution in [0.2, 0.25) is 0 Å². The van der Waals surface area contributed by atoms with E-state index in [9.17, 15) is 19.5 Å². The molecule has 9 heteroatoms. The van der Waals surface area contributed by atoms with E-state index in [1.165, 1.54) is 6.07 Å². The van der Waals surface area contributed by atoms with Gasteiger partial charge < -0.3 is 25.4 Å². The Morgan fingerprint density at radius 2 is 1.78 bits per heavy atom. The van der Waals surface area contributed by atoms with Crippen molar-refractivity contribution in [3.8, 4) is 5.75 Å². The molecule has 0 bridgehead atoms. The quantitative estimate of drug-likeness (QED) is 0.355. The number of thioether (sulfide) groups is 1. The normalized spacial score (nSPS) is 13.5. The maximum absolute atomic E-state index is 14.1. The van der Waals surface area contributed by atoms with Crippen LogP contribution in [-0.2, 0) is 14.3 Å². The highest BCUT2D eigenvalue weighted by Gasteiger charge is 2.41. The summed E-state index contributed by atoms with van der Waals surface area (Å²) in [4.78, 5) is 41.9. The molecular formula is C27H45N3O5S. The lowest BCUT2D eigenvalue weighted by atomic mass is 9.94. The van der Waals surface area contributed by atoms with Gasteiger partial charge in [-0.2, -0.15) is 11.8 Å². The molecule has 0 radical (unpaired) electrons. The fourth-order valence-electron chi connectivity index (χ4n) is 3.71. The number of amides is 3. The molecule has 0 spiro atoms. The average Bonchev–Trinajstić information content (AvgIpc) is 2.74. The Balaban J connectivity index is 3.53. The van der Waals surface area contributed by atoms with E-state index >= 15 is 0 Å². The first-order valence-electron chi connectivity index (χ1n) is 12.5. The molecule has 0 saturated carbocycles. The fraction of sp³-hybridized carbons (Fsp3) is 0.667. The maximum atomic E-state index is 14.1. The van der Waals surface area contributed by atoms with Gasteiger partial charge >= 0.3 is 6.09 Å². The van der Waals surface area contributed by atoms with Gasteiger partial charge in [-0.25, -0.2) is 4.79 Å². The van der Waals surface area contributed by atoms with E-state index in [1.807, 2.05) is 34.0 Å². The Morgan fingerprint density at radius 1 is 1.14 bits per heavy atom. The van der Waals surface area contributed by atoms with Crippen LogP contribution in [0, 0.1) is 6.92 Å². The molecule has 3 amide bonds. The zero-order valence-corrected chi connectivity index (χ0v) is 24.2. The fourth-order valence-corrected chi connectivity index (χ4v) is 4.18. The van der Waals surface area contributed by atoms with Gasteiger partial charge in [0, 0.05) is 12.1 Å². The van der Waals surface area contributed by atoms with E-state index in [1.54, 1.807) is 56.5 Å². The first kappa shape index (κ1) is 31.6. The van der Waals surface area contributed by atoms with Crippen LogP contribution in [0.25, 0.3) is 0 Å².